The first-order valence-corrected chi connectivity index (χ1v) is 12.4. The number of benzene rings is 2. The van der Waals surface area contributed by atoms with Crippen molar-refractivity contribution in [3.05, 3.63) is 63.6 Å². The summed E-state index contributed by atoms with van der Waals surface area (Å²) in [6.45, 7) is 2.02. The second-order valence-electron chi connectivity index (χ2n) is 8.12. The van der Waals surface area contributed by atoms with Crippen molar-refractivity contribution in [3.8, 4) is 5.75 Å². The Morgan fingerprint density at radius 1 is 1.12 bits per heavy atom. The zero-order chi connectivity index (χ0) is 22.9. The van der Waals surface area contributed by atoms with E-state index in [4.69, 9.17) is 16.3 Å². The average Bonchev–Trinajstić information content (AvgIpc) is 2.80. The van der Waals surface area contributed by atoms with Gasteiger partial charge >= 0.3 is 0 Å². The Balaban J connectivity index is 1.75. The Morgan fingerprint density at radius 2 is 1.81 bits per heavy atom. The van der Waals surface area contributed by atoms with Gasteiger partial charge in [-0.25, -0.2) is 0 Å². The first kappa shape index (κ1) is 24.6. The summed E-state index contributed by atoms with van der Waals surface area (Å²) in [7, 11) is 0. The van der Waals surface area contributed by atoms with E-state index in [2.05, 4.69) is 21.2 Å². The molecule has 0 saturated heterocycles. The lowest BCUT2D eigenvalue weighted by molar-refractivity contribution is -0.143. The van der Waals surface area contributed by atoms with Gasteiger partial charge in [-0.15, -0.1) is 0 Å². The molecule has 0 bridgehead atoms. The topological polar surface area (TPSA) is 58.6 Å². The van der Waals surface area contributed by atoms with Crippen molar-refractivity contribution in [2.75, 3.05) is 6.61 Å². The Morgan fingerprint density at radius 3 is 2.47 bits per heavy atom. The van der Waals surface area contributed by atoms with E-state index in [1.54, 1.807) is 23.1 Å². The van der Waals surface area contributed by atoms with Gasteiger partial charge in [0.25, 0.3) is 5.91 Å². The first-order chi connectivity index (χ1) is 15.5. The molecule has 1 fully saturated rings. The molecule has 1 N–H and O–H groups in total. The van der Waals surface area contributed by atoms with E-state index in [1.165, 1.54) is 6.42 Å². The van der Waals surface area contributed by atoms with Gasteiger partial charge in [-0.2, -0.15) is 0 Å². The summed E-state index contributed by atoms with van der Waals surface area (Å²) >= 11 is 9.76. The van der Waals surface area contributed by atoms with Crippen molar-refractivity contribution >= 4 is 39.3 Å². The molecule has 1 saturated carbocycles. The van der Waals surface area contributed by atoms with Gasteiger partial charge in [0.15, 0.2) is 6.61 Å². The number of halogens is 2. The van der Waals surface area contributed by atoms with Crippen molar-refractivity contribution in [2.24, 2.45) is 0 Å². The van der Waals surface area contributed by atoms with Gasteiger partial charge in [0.1, 0.15) is 11.8 Å². The third kappa shape index (κ3) is 6.97. The van der Waals surface area contributed by atoms with E-state index in [1.807, 2.05) is 37.3 Å². The van der Waals surface area contributed by atoms with Gasteiger partial charge in [0.2, 0.25) is 5.91 Å². The minimum Gasteiger partial charge on any atom is -0.484 e. The summed E-state index contributed by atoms with van der Waals surface area (Å²) < 4.78 is 6.65. The Bertz CT molecular complexity index is 900. The van der Waals surface area contributed by atoms with Gasteiger partial charge in [0.05, 0.1) is 0 Å². The van der Waals surface area contributed by atoms with Crippen molar-refractivity contribution in [1.82, 2.24) is 10.2 Å². The molecule has 0 heterocycles. The van der Waals surface area contributed by atoms with Crippen LogP contribution in [0.3, 0.4) is 0 Å². The number of hydrogen-bond donors (Lipinski definition) is 1. The van der Waals surface area contributed by atoms with Crippen LogP contribution >= 0.6 is 27.5 Å². The van der Waals surface area contributed by atoms with Crippen LogP contribution in [0.1, 0.15) is 51.0 Å². The minimum absolute atomic E-state index is 0.108. The van der Waals surface area contributed by atoms with Gasteiger partial charge in [0, 0.05) is 22.1 Å². The number of hydrogen-bond acceptors (Lipinski definition) is 3. The zero-order valence-corrected chi connectivity index (χ0v) is 20.7. The molecular formula is C25H30BrClN2O3. The molecular weight excluding hydrogens is 492 g/mol. The standard InChI is InChI=1S/C25H30BrClN2O3/c1-2-23(25(31)28-20-9-4-3-5-10-20)29(16-18-8-6-7-11-22(18)27)24(30)17-32-21-14-12-19(26)13-15-21/h6-8,11-15,20,23H,2-5,9-10,16-17H2,1H3,(H,28,31)/t23-/m1/s1. The Kier molecular flexibility index (Phi) is 9.42. The predicted octanol–water partition coefficient (Wildman–Crippen LogP) is 5.74. The third-order valence-corrected chi connectivity index (χ3v) is 6.71. The fraction of sp³-hybridized carbons (Fsp3) is 0.440. The van der Waals surface area contributed by atoms with Crippen LogP contribution in [-0.2, 0) is 16.1 Å². The maximum atomic E-state index is 13.3. The summed E-state index contributed by atoms with van der Waals surface area (Å²) in [5.41, 5.74) is 0.801. The van der Waals surface area contributed by atoms with E-state index >= 15 is 0 Å². The summed E-state index contributed by atoms with van der Waals surface area (Å²) in [5.74, 6) is 0.237. The second-order valence-corrected chi connectivity index (χ2v) is 9.45. The zero-order valence-electron chi connectivity index (χ0n) is 18.4. The summed E-state index contributed by atoms with van der Waals surface area (Å²) in [4.78, 5) is 28.1. The molecule has 32 heavy (non-hydrogen) atoms. The molecule has 5 nitrogen and oxygen atoms in total. The second kappa shape index (κ2) is 12.3. The first-order valence-electron chi connectivity index (χ1n) is 11.2. The van der Waals surface area contributed by atoms with Crippen molar-refractivity contribution in [2.45, 2.75) is 64.1 Å². The van der Waals surface area contributed by atoms with E-state index in [0.717, 1.165) is 35.7 Å². The van der Waals surface area contributed by atoms with Gasteiger partial charge in [-0.05, 0) is 55.2 Å². The van der Waals surface area contributed by atoms with Crippen LogP contribution in [0, 0.1) is 0 Å². The lowest BCUT2D eigenvalue weighted by Gasteiger charge is -2.33. The van der Waals surface area contributed by atoms with Crippen LogP contribution in [-0.4, -0.2) is 35.4 Å². The molecule has 0 aromatic heterocycles. The third-order valence-electron chi connectivity index (χ3n) is 5.81. The summed E-state index contributed by atoms with van der Waals surface area (Å²) in [5, 5.41) is 3.74. The monoisotopic (exact) mass is 520 g/mol. The number of ether oxygens (including phenoxy) is 1. The average molecular weight is 522 g/mol. The molecule has 1 atom stereocenters. The number of carbonyl (C=O) groups is 2. The predicted molar refractivity (Wildman–Crippen MR) is 131 cm³/mol. The van der Waals surface area contributed by atoms with Crippen LogP contribution < -0.4 is 10.1 Å². The SMILES string of the molecule is CC[C@H](C(=O)NC1CCCCC1)N(Cc1ccccc1Cl)C(=O)COc1ccc(Br)cc1. The fourth-order valence-corrected chi connectivity index (χ4v) is 4.49. The van der Waals surface area contributed by atoms with Gasteiger partial charge in [-0.1, -0.05) is 71.9 Å². The van der Waals surface area contributed by atoms with Gasteiger partial charge < -0.3 is 15.0 Å². The normalized spacial score (nSPS) is 15.1. The molecule has 2 aromatic carbocycles. The van der Waals surface area contributed by atoms with E-state index < -0.39 is 6.04 Å². The highest BCUT2D eigenvalue weighted by Gasteiger charge is 2.31. The Labute approximate surface area is 203 Å². The minimum atomic E-state index is -0.589. The highest BCUT2D eigenvalue weighted by atomic mass is 79.9. The molecule has 1 aliphatic carbocycles. The molecule has 3 rings (SSSR count). The quantitative estimate of drug-likeness (QED) is 0.458. The smallest absolute Gasteiger partial charge is 0.261 e. The molecule has 172 valence electrons. The van der Waals surface area contributed by atoms with Crippen LogP contribution in [0.4, 0.5) is 0 Å². The fourth-order valence-electron chi connectivity index (χ4n) is 4.03. The molecule has 0 aliphatic heterocycles. The molecule has 0 spiro atoms. The summed E-state index contributed by atoms with van der Waals surface area (Å²) in [6.07, 6.45) is 5.97. The van der Waals surface area contributed by atoms with Crippen molar-refractivity contribution < 1.29 is 14.3 Å². The number of amides is 2. The van der Waals surface area contributed by atoms with Crippen LogP contribution in [0.15, 0.2) is 53.0 Å². The lowest BCUT2D eigenvalue weighted by Crippen LogP contribution is -2.52. The summed E-state index contributed by atoms with van der Waals surface area (Å²) in [6, 6.07) is 14.3. The van der Waals surface area contributed by atoms with Crippen LogP contribution in [0.25, 0.3) is 0 Å². The number of nitrogens with one attached hydrogen (secondary N) is 1. The number of carbonyl (C=O) groups excluding carboxylic acids is 2. The number of rotatable bonds is 9. The van der Waals surface area contributed by atoms with E-state index in [9.17, 15) is 9.59 Å². The Hall–Kier alpha value is -2.05. The molecule has 7 heteroatoms. The van der Waals surface area contributed by atoms with E-state index in [0.29, 0.717) is 17.2 Å². The van der Waals surface area contributed by atoms with Crippen LogP contribution in [0.5, 0.6) is 5.75 Å². The molecule has 2 amide bonds. The lowest BCUT2D eigenvalue weighted by atomic mass is 9.95. The highest BCUT2D eigenvalue weighted by molar-refractivity contribution is 9.10. The van der Waals surface area contributed by atoms with Crippen LogP contribution in [0.2, 0.25) is 5.02 Å². The molecule has 1 aliphatic rings. The maximum absolute atomic E-state index is 13.3. The van der Waals surface area contributed by atoms with Crippen molar-refractivity contribution in [1.29, 1.82) is 0 Å². The highest BCUT2D eigenvalue weighted by Crippen LogP contribution is 2.22. The largest absolute Gasteiger partial charge is 0.484 e. The molecule has 2 aromatic rings. The van der Waals surface area contributed by atoms with E-state index in [-0.39, 0.29) is 31.0 Å². The molecule has 0 radical (unpaired) electrons. The number of nitrogens with zero attached hydrogens (tertiary/aromatic N) is 1. The maximum Gasteiger partial charge on any atom is 0.261 e. The van der Waals surface area contributed by atoms with Crippen molar-refractivity contribution in [3.63, 3.8) is 0 Å². The molecule has 0 unspecified atom stereocenters. The van der Waals surface area contributed by atoms with Gasteiger partial charge in [-0.3, -0.25) is 9.59 Å².